The molecule has 0 saturated carbocycles. The Balaban J connectivity index is 1.48. The van der Waals surface area contributed by atoms with Gasteiger partial charge in [0, 0.05) is 29.5 Å². The lowest BCUT2D eigenvalue weighted by Gasteiger charge is -2.26. The zero-order chi connectivity index (χ0) is 23.2. The Hall–Kier alpha value is -2.30. The van der Waals surface area contributed by atoms with Crippen molar-refractivity contribution in [3.05, 3.63) is 58.3 Å². The molecule has 174 valence electrons. The third-order valence-corrected chi connectivity index (χ3v) is 6.50. The number of carbonyl (C=O) groups is 1. The SMILES string of the molecule is COc1ccc(NC(=O)CSc2nnc(CN3CCOCC3)n2-c2ccc(Cl)cc2)cc1Cl. The van der Waals surface area contributed by atoms with E-state index in [-0.39, 0.29) is 11.7 Å². The molecule has 1 aliphatic heterocycles. The van der Waals surface area contributed by atoms with E-state index in [9.17, 15) is 4.79 Å². The van der Waals surface area contributed by atoms with Crippen LogP contribution in [0.5, 0.6) is 5.75 Å². The van der Waals surface area contributed by atoms with Gasteiger partial charge in [-0.25, -0.2) is 0 Å². The Bertz CT molecular complexity index is 1100. The molecule has 4 rings (SSSR count). The van der Waals surface area contributed by atoms with Crippen molar-refractivity contribution in [3.63, 3.8) is 0 Å². The molecule has 11 heteroatoms. The van der Waals surface area contributed by atoms with Crippen LogP contribution < -0.4 is 10.1 Å². The third kappa shape index (κ3) is 6.18. The number of benzene rings is 2. The number of carbonyl (C=O) groups excluding carboxylic acids is 1. The minimum Gasteiger partial charge on any atom is -0.495 e. The summed E-state index contributed by atoms with van der Waals surface area (Å²) in [5.41, 5.74) is 1.48. The molecule has 1 N–H and O–H groups in total. The highest BCUT2D eigenvalue weighted by Crippen LogP contribution is 2.28. The van der Waals surface area contributed by atoms with Crippen LogP contribution in [0.25, 0.3) is 5.69 Å². The fraction of sp³-hybridized carbons (Fsp3) is 0.318. The average molecular weight is 508 g/mol. The van der Waals surface area contributed by atoms with Crippen molar-refractivity contribution in [3.8, 4) is 11.4 Å². The molecule has 1 amide bonds. The van der Waals surface area contributed by atoms with Crippen molar-refractivity contribution < 1.29 is 14.3 Å². The Kier molecular flexibility index (Phi) is 8.11. The Morgan fingerprint density at radius 1 is 1.15 bits per heavy atom. The van der Waals surface area contributed by atoms with Crippen molar-refractivity contribution in [1.82, 2.24) is 19.7 Å². The van der Waals surface area contributed by atoms with E-state index in [2.05, 4.69) is 20.4 Å². The molecular formula is C22H23Cl2N5O3S. The second-order valence-electron chi connectivity index (χ2n) is 7.29. The lowest BCUT2D eigenvalue weighted by molar-refractivity contribution is -0.113. The van der Waals surface area contributed by atoms with Crippen molar-refractivity contribution >= 4 is 46.6 Å². The minimum absolute atomic E-state index is 0.160. The van der Waals surface area contributed by atoms with Crippen LogP contribution in [-0.4, -0.2) is 64.7 Å². The second-order valence-corrected chi connectivity index (χ2v) is 9.07. The van der Waals surface area contributed by atoms with Crippen LogP contribution in [0.3, 0.4) is 0 Å². The van der Waals surface area contributed by atoms with E-state index in [0.29, 0.717) is 46.4 Å². The molecule has 2 heterocycles. The van der Waals surface area contributed by atoms with Crippen LogP contribution in [0, 0.1) is 0 Å². The maximum Gasteiger partial charge on any atom is 0.234 e. The molecule has 1 aromatic heterocycles. The minimum atomic E-state index is -0.179. The van der Waals surface area contributed by atoms with Crippen LogP contribution in [0.15, 0.2) is 47.6 Å². The fourth-order valence-corrected chi connectivity index (χ4v) is 4.53. The van der Waals surface area contributed by atoms with Gasteiger partial charge >= 0.3 is 0 Å². The maximum atomic E-state index is 12.6. The predicted octanol–water partition coefficient (Wildman–Crippen LogP) is 4.15. The van der Waals surface area contributed by atoms with E-state index in [1.807, 2.05) is 28.8 Å². The van der Waals surface area contributed by atoms with E-state index in [0.717, 1.165) is 24.6 Å². The highest BCUT2D eigenvalue weighted by Gasteiger charge is 2.20. The van der Waals surface area contributed by atoms with Crippen molar-refractivity contribution in [2.75, 3.05) is 44.5 Å². The standard InChI is InChI=1S/C22H23Cl2N5O3S/c1-31-19-7-4-16(12-18(19)24)25-21(30)14-33-22-27-26-20(13-28-8-10-32-11-9-28)29(22)17-5-2-15(23)3-6-17/h2-7,12H,8-11,13-14H2,1H3,(H,25,30). The van der Waals surface area contributed by atoms with Crippen LogP contribution >= 0.6 is 35.0 Å². The molecule has 0 spiro atoms. The van der Waals surface area contributed by atoms with E-state index in [1.165, 1.54) is 11.8 Å². The van der Waals surface area contributed by atoms with Gasteiger partial charge in [0.15, 0.2) is 11.0 Å². The maximum absolute atomic E-state index is 12.6. The molecule has 0 unspecified atom stereocenters. The number of nitrogens with one attached hydrogen (secondary N) is 1. The molecule has 0 radical (unpaired) electrons. The summed E-state index contributed by atoms with van der Waals surface area (Å²) < 4.78 is 12.6. The van der Waals surface area contributed by atoms with Gasteiger partial charge in [0.1, 0.15) is 5.75 Å². The summed E-state index contributed by atoms with van der Waals surface area (Å²) in [6, 6.07) is 12.6. The fourth-order valence-electron chi connectivity index (χ4n) is 3.38. The second kappa shape index (κ2) is 11.2. The number of aromatic nitrogens is 3. The zero-order valence-electron chi connectivity index (χ0n) is 18.0. The number of anilines is 1. The van der Waals surface area contributed by atoms with E-state index >= 15 is 0 Å². The summed E-state index contributed by atoms with van der Waals surface area (Å²) in [4.78, 5) is 14.8. The van der Waals surface area contributed by atoms with Gasteiger partial charge in [0.2, 0.25) is 5.91 Å². The smallest absolute Gasteiger partial charge is 0.234 e. The molecule has 1 aliphatic rings. The summed E-state index contributed by atoms with van der Waals surface area (Å²) in [7, 11) is 1.54. The molecule has 1 fully saturated rings. The van der Waals surface area contributed by atoms with Gasteiger partial charge in [0.05, 0.1) is 37.6 Å². The van der Waals surface area contributed by atoms with Crippen LogP contribution in [0.4, 0.5) is 5.69 Å². The number of rotatable bonds is 8. The summed E-state index contributed by atoms with van der Waals surface area (Å²) in [5, 5.41) is 13.3. The lowest BCUT2D eigenvalue weighted by atomic mass is 10.3. The van der Waals surface area contributed by atoms with Gasteiger partial charge in [-0.2, -0.15) is 0 Å². The Morgan fingerprint density at radius 2 is 1.91 bits per heavy atom. The molecule has 0 bridgehead atoms. The van der Waals surface area contributed by atoms with Gasteiger partial charge in [-0.1, -0.05) is 35.0 Å². The van der Waals surface area contributed by atoms with Crippen molar-refractivity contribution in [2.24, 2.45) is 0 Å². The lowest BCUT2D eigenvalue weighted by Crippen LogP contribution is -2.36. The summed E-state index contributed by atoms with van der Waals surface area (Å²) in [6.45, 7) is 3.71. The van der Waals surface area contributed by atoms with Crippen molar-refractivity contribution in [1.29, 1.82) is 0 Å². The first-order valence-electron chi connectivity index (χ1n) is 10.3. The van der Waals surface area contributed by atoms with Crippen molar-refractivity contribution in [2.45, 2.75) is 11.7 Å². The van der Waals surface area contributed by atoms with Crippen LogP contribution in [0.1, 0.15) is 5.82 Å². The quantitative estimate of drug-likeness (QED) is 0.458. The van der Waals surface area contributed by atoms with Crippen LogP contribution in [0.2, 0.25) is 10.0 Å². The first-order chi connectivity index (χ1) is 16.0. The Morgan fingerprint density at radius 3 is 2.61 bits per heavy atom. The molecule has 33 heavy (non-hydrogen) atoms. The van der Waals surface area contributed by atoms with Gasteiger partial charge in [-0.05, 0) is 42.5 Å². The Labute approximate surface area is 206 Å². The summed E-state index contributed by atoms with van der Waals surface area (Å²) >= 11 is 13.5. The highest BCUT2D eigenvalue weighted by atomic mass is 35.5. The number of amides is 1. The first-order valence-corrected chi connectivity index (χ1v) is 12.0. The summed E-state index contributed by atoms with van der Waals surface area (Å²) in [5.74, 6) is 1.33. The zero-order valence-corrected chi connectivity index (χ0v) is 20.3. The normalized spacial score (nSPS) is 14.3. The molecule has 1 saturated heterocycles. The molecule has 0 aliphatic carbocycles. The molecular weight excluding hydrogens is 485 g/mol. The number of nitrogens with zero attached hydrogens (tertiary/aromatic N) is 4. The third-order valence-electron chi connectivity index (χ3n) is 5.02. The van der Waals surface area contributed by atoms with Gasteiger partial charge < -0.3 is 14.8 Å². The monoisotopic (exact) mass is 507 g/mol. The van der Waals surface area contributed by atoms with Gasteiger partial charge in [0.25, 0.3) is 0 Å². The van der Waals surface area contributed by atoms with Gasteiger partial charge in [-0.15, -0.1) is 10.2 Å². The average Bonchev–Trinajstić information content (AvgIpc) is 3.21. The number of ether oxygens (including phenoxy) is 2. The highest BCUT2D eigenvalue weighted by molar-refractivity contribution is 7.99. The summed E-state index contributed by atoms with van der Waals surface area (Å²) in [6.07, 6.45) is 0. The number of hydrogen-bond donors (Lipinski definition) is 1. The first kappa shape index (κ1) is 23.8. The number of thioether (sulfide) groups is 1. The van der Waals surface area contributed by atoms with E-state index < -0.39 is 0 Å². The van der Waals surface area contributed by atoms with Gasteiger partial charge in [-0.3, -0.25) is 14.3 Å². The number of halogens is 2. The van der Waals surface area contributed by atoms with E-state index in [1.54, 1.807) is 25.3 Å². The largest absolute Gasteiger partial charge is 0.495 e. The molecule has 3 aromatic rings. The number of morpholine rings is 1. The predicted molar refractivity (Wildman–Crippen MR) is 130 cm³/mol. The molecule has 2 aromatic carbocycles. The van der Waals surface area contributed by atoms with Crippen LogP contribution in [-0.2, 0) is 16.1 Å². The molecule has 0 atom stereocenters. The van der Waals surface area contributed by atoms with E-state index in [4.69, 9.17) is 32.7 Å². The number of methoxy groups -OCH3 is 1. The topological polar surface area (TPSA) is 81.5 Å². The number of hydrogen-bond acceptors (Lipinski definition) is 7. The molecule has 8 nitrogen and oxygen atoms in total.